The monoisotopic (exact) mass is 418 g/mol. The second kappa shape index (κ2) is 8.86. The van der Waals surface area contributed by atoms with E-state index in [1.807, 2.05) is 7.05 Å². The second-order valence-electron chi connectivity index (χ2n) is 5.99. The lowest BCUT2D eigenvalue weighted by Crippen LogP contribution is -2.15. The molecular formula is C18H22N6O4S. The van der Waals surface area contributed by atoms with E-state index in [0.717, 1.165) is 5.56 Å². The molecule has 1 N–H and O–H groups in total. The Morgan fingerprint density at radius 3 is 2.62 bits per heavy atom. The fourth-order valence-electron chi connectivity index (χ4n) is 2.67. The minimum atomic E-state index is -0.193. The predicted molar refractivity (Wildman–Crippen MR) is 109 cm³/mol. The van der Waals surface area contributed by atoms with Crippen molar-refractivity contribution in [3.8, 4) is 28.8 Å². The lowest BCUT2D eigenvalue weighted by Gasteiger charge is -2.11. The zero-order chi connectivity index (χ0) is 21.0. The van der Waals surface area contributed by atoms with Gasteiger partial charge in [0.25, 0.3) is 0 Å². The lowest BCUT2D eigenvalue weighted by atomic mass is 10.2. The van der Waals surface area contributed by atoms with Gasteiger partial charge in [-0.25, -0.2) is 0 Å². The molecule has 0 bridgehead atoms. The molecule has 0 atom stereocenters. The Hall–Kier alpha value is -3.21. The van der Waals surface area contributed by atoms with Crippen LogP contribution in [0.1, 0.15) is 0 Å². The van der Waals surface area contributed by atoms with E-state index >= 15 is 0 Å². The number of benzene rings is 1. The molecule has 0 aliphatic heterocycles. The molecule has 0 aliphatic rings. The Balaban J connectivity index is 1.68. The fraction of sp³-hybridized carbons (Fsp3) is 0.333. The second-order valence-corrected chi connectivity index (χ2v) is 6.94. The molecule has 0 radical (unpaired) electrons. The number of amides is 1. The average Bonchev–Trinajstić information content (AvgIpc) is 3.28. The van der Waals surface area contributed by atoms with Crippen molar-refractivity contribution in [1.29, 1.82) is 0 Å². The van der Waals surface area contributed by atoms with E-state index in [9.17, 15) is 4.79 Å². The van der Waals surface area contributed by atoms with E-state index in [-0.39, 0.29) is 11.7 Å². The van der Waals surface area contributed by atoms with E-state index in [0.29, 0.717) is 34.0 Å². The SMILES string of the molecule is COc1ccc(NC(=O)CSc2nnc(-c3cn(C)nc3OC)n2C)c(OC)c1. The molecule has 1 amide bonds. The number of aromatic nitrogens is 5. The van der Waals surface area contributed by atoms with Crippen LogP contribution < -0.4 is 19.5 Å². The molecule has 3 aromatic rings. The van der Waals surface area contributed by atoms with Crippen molar-refractivity contribution in [2.75, 3.05) is 32.4 Å². The molecule has 29 heavy (non-hydrogen) atoms. The molecular weight excluding hydrogens is 396 g/mol. The molecule has 0 saturated heterocycles. The third-order valence-corrected chi connectivity index (χ3v) is 5.10. The highest BCUT2D eigenvalue weighted by Crippen LogP contribution is 2.30. The Morgan fingerprint density at radius 1 is 1.14 bits per heavy atom. The van der Waals surface area contributed by atoms with Crippen LogP contribution in [0.5, 0.6) is 17.4 Å². The zero-order valence-electron chi connectivity index (χ0n) is 16.8. The van der Waals surface area contributed by atoms with Gasteiger partial charge < -0.3 is 24.1 Å². The van der Waals surface area contributed by atoms with Crippen molar-refractivity contribution < 1.29 is 19.0 Å². The Labute approximate surface area is 172 Å². The highest BCUT2D eigenvalue weighted by molar-refractivity contribution is 7.99. The molecule has 11 heteroatoms. The van der Waals surface area contributed by atoms with Gasteiger partial charge in [0.2, 0.25) is 11.8 Å². The number of carbonyl (C=O) groups is 1. The normalized spacial score (nSPS) is 10.7. The molecule has 0 fully saturated rings. The summed E-state index contributed by atoms with van der Waals surface area (Å²) >= 11 is 1.28. The van der Waals surface area contributed by atoms with Gasteiger partial charge in [-0.1, -0.05) is 11.8 Å². The van der Waals surface area contributed by atoms with Crippen molar-refractivity contribution in [1.82, 2.24) is 24.5 Å². The van der Waals surface area contributed by atoms with Gasteiger partial charge in [0.15, 0.2) is 11.0 Å². The van der Waals surface area contributed by atoms with Crippen LogP contribution in [0.25, 0.3) is 11.4 Å². The smallest absolute Gasteiger partial charge is 0.243 e. The van der Waals surface area contributed by atoms with Crippen LogP contribution in [0.4, 0.5) is 5.69 Å². The Kier molecular flexibility index (Phi) is 6.27. The maximum Gasteiger partial charge on any atom is 0.243 e. The summed E-state index contributed by atoms with van der Waals surface area (Å²) in [5.41, 5.74) is 1.29. The van der Waals surface area contributed by atoms with E-state index in [1.54, 1.807) is 54.9 Å². The number of rotatable bonds is 8. The molecule has 3 rings (SSSR count). The van der Waals surface area contributed by atoms with Gasteiger partial charge >= 0.3 is 0 Å². The summed E-state index contributed by atoms with van der Waals surface area (Å²) in [4.78, 5) is 12.4. The zero-order valence-corrected chi connectivity index (χ0v) is 17.6. The molecule has 2 aromatic heterocycles. The quantitative estimate of drug-likeness (QED) is 0.554. The summed E-state index contributed by atoms with van der Waals surface area (Å²) < 4.78 is 19.2. The maximum absolute atomic E-state index is 12.4. The molecule has 0 unspecified atom stereocenters. The largest absolute Gasteiger partial charge is 0.497 e. The number of ether oxygens (including phenoxy) is 3. The summed E-state index contributed by atoms with van der Waals surface area (Å²) in [7, 11) is 8.28. The minimum absolute atomic E-state index is 0.158. The molecule has 2 heterocycles. The summed E-state index contributed by atoms with van der Waals surface area (Å²) in [6.07, 6.45) is 1.81. The average molecular weight is 418 g/mol. The van der Waals surface area contributed by atoms with Gasteiger partial charge in [-0.05, 0) is 12.1 Å². The highest BCUT2D eigenvalue weighted by Gasteiger charge is 2.19. The van der Waals surface area contributed by atoms with Crippen molar-refractivity contribution in [3.63, 3.8) is 0 Å². The lowest BCUT2D eigenvalue weighted by molar-refractivity contribution is -0.113. The number of nitrogens with zero attached hydrogens (tertiary/aromatic N) is 5. The van der Waals surface area contributed by atoms with E-state index in [2.05, 4.69) is 20.6 Å². The fourth-order valence-corrected chi connectivity index (χ4v) is 3.38. The number of hydrogen-bond donors (Lipinski definition) is 1. The Bertz CT molecular complexity index is 1020. The first kappa shape index (κ1) is 20.5. The van der Waals surface area contributed by atoms with Crippen LogP contribution in [-0.4, -0.2) is 57.5 Å². The van der Waals surface area contributed by atoms with Gasteiger partial charge in [-0.15, -0.1) is 15.3 Å². The number of anilines is 1. The topological polar surface area (TPSA) is 105 Å². The number of thioether (sulfide) groups is 1. The molecule has 0 aliphatic carbocycles. The molecule has 0 spiro atoms. The van der Waals surface area contributed by atoms with Gasteiger partial charge in [-0.3, -0.25) is 9.48 Å². The van der Waals surface area contributed by atoms with Crippen LogP contribution >= 0.6 is 11.8 Å². The number of nitrogens with one attached hydrogen (secondary N) is 1. The minimum Gasteiger partial charge on any atom is -0.497 e. The summed E-state index contributed by atoms with van der Waals surface area (Å²) in [5, 5.41) is 16.0. The number of hydrogen-bond acceptors (Lipinski definition) is 8. The van der Waals surface area contributed by atoms with Crippen LogP contribution in [0, 0.1) is 0 Å². The van der Waals surface area contributed by atoms with Crippen molar-refractivity contribution in [3.05, 3.63) is 24.4 Å². The van der Waals surface area contributed by atoms with Crippen LogP contribution in [-0.2, 0) is 18.9 Å². The van der Waals surface area contributed by atoms with Crippen LogP contribution in [0.3, 0.4) is 0 Å². The Morgan fingerprint density at radius 2 is 1.93 bits per heavy atom. The first-order valence-corrected chi connectivity index (χ1v) is 9.57. The molecule has 154 valence electrons. The van der Waals surface area contributed by atoms with Crippen LogP contribution in [0.15, 0.2) is 29.6 Å². The predicted octanol–water partition coefficient (Wildman–Crippen LogP) is 1.97. The third kappa shape index (κ3) is 4.45. The van der Waals surface area contributed by atoms with E-state index in [4.69, 9.17) is 14.2 Å². The number of aryl methyl sites for hydroxylation is 1. The van der Waals surface area contributed by atoms with E-state index < -0.39 is 0 Å². The summed E-state index contributed by atoms with van der Waals surface area (Å²) in [5.74, 6) is 2.20. The van der Waals surface area contributed by atoms with Crippen LogP contribution in [0.2, 0.25) is 0 Å². The first-order valence-electron chi connectivity index (χ1n) is 8.58. The molecule has 1 aromatic carbocycles. The van der Waals surface area contributed by atoms with Gasteiger partial charge in [0.1, 0.15) is 17.1 Å². The summed E-state index contributed by atoms with van der Waals surface area (Å²) in [6.45, 7) is 0. The third-order valence-electron chi connectivity index (χ3n) is 4.08. The highest BCUT2D eigenvalue weighted by atomic mass is 32.2. The summed E-state index contributed by atoms with van der Waals surface area (Å²) in [6, 6.07) is 5.19. The standard InChI is InChI=1S/C18H22N6O4S/c1-23-9-12(17(22-23)28-5)16-20-21-18(24(16)2)29-10-15(25)19-13-7-6-11(26-3)8-14(13)27-4/h6-9H,10H2,1-5H3,(H,19,25). The number of methoxy groups -OCH3 is 3. The van der Waals surface area contributed by atoms with Gasteiger partial charge in [0, 0.05) is 26.4 Å². The number of carbonyl (C=O) groups excluding carboxylic acids is 1. The molecule has 0 saturated carbocycles. The maximum atomic E-state index is 12.4. The van der Waals surface area contributed by atoms with Gasteiger partial charge in [0.05, 0.1) is 32.8 Å². The molecule has 10 nitrogen and oxygen atoms in total. The first-order chi connectivity index (χ1) is 14.0. The van der Waals surface area contributed by atoms with Gasteiger partial charge in [-0.2, -0.15) is 0 Å². The van der Waals surface area contributed by atoms with E-state index in [1.165, 1.54) is 18.9 Å². The van der Waals surface area contributed by atoms with Crippen molar-refractivity contribution in [2.24, 2.45) is 14.1 Å². The van der Waals surface area contributed by atoms with Crippen molar-refractivity contribution >= 4 is 23.4 Å². The van der Waals surface area contributed by atoms with Crippen molar-refractivity contribution in [2.45, 2.75) is 5.16 Å².